The average Bonchev–Trinajstić information content (AvgIpc) is 2.67. The molecule has 1 fully saturated rings. The van der Waals surface area contributed by atoms with Gasteiger partial charge in [0, 0.05) is 38.6 Å². The molecule has 0 aliphatic carbocycles. The molecule has 1 aliphatic heterocycles. The molecule has 3 rings (SSSR count). The maximum atomic E-state index is 13.0. The quantitative estimate of drug-likeness (QED) is 0.559. The van der Waals surface area contributed by atoms with Crippen LogP contribution in [0.15, 0.2) is 52.8 Å². The van der Waals surface area contributed by atoms with E-state index in [0.29, 0.717) is 18.2 Å². The summed E-state index contributed by atoms with van der Waals surface area (Å²) >= 11 is 1.25. The van der Waals surface area contributed by atoms with E-state index in [-0.39, 0.29) is 29.6 Å². The largest absolute Gasteiger partial charge is 0.339 e. The first-order valence-electron chi connectivity index (χ1n) is 7.90. The number of hydrogen-bond donors (Lipinski definition) is 0. The van der Waals surface area contributed by atoms with Crippen LogP contribution in [0.5, 0.6) is 0 Å². The van der Waals surface area contributed by atoms with Crippen molar-refractivity contribution in [1.82, 2.24) is 19.2 Å². The Morgan fingerprint density at radius 3 is 2.31 bits per heavy atom. The van der Waals surface area contributed by atoms with Crippen LogP contribution in [-0.2, 0) is 14.8 Å². The molecule has 0 spiro atoms. The van der Waals surface area contributed by atoms with Gasteiger partial charge in [0.1, 0.15) is 5.82 Å². The number of piperazine rings is 1. The fraction of sp³-hybridized carbons (Fsp3) is 0.312. The summed E-state index contributed by atoms with van der Waals surface area (Å²) in [6.45, 7) is 1.04. The Balaban J connectivity index is 1.55. The van der Waals surface area contributed by atoms with Crippen LogP contribution in [0.25, 0.3) is 0 Å². The molecule has 0 unspecified atom stereocenters. The summed E-state index contributed by atoms with van der Waals surface area (Å²) in [5.74, 6) is -0.366. The number of aromatic nitrogens is 2. The Morgan fingerprint density at radius 2 is 1.69 bits per heavy atom. The Labute approximate surface area is 155 Å². The van der Waals surface area contributed by atoms with Crippen molar-refractivity contribution in [2.24, 2.45) is 0 Å². The maximum absolute atomic E-state index is 13.0. The van der Waals surface area contributed by atoms with Gasteiger partial charge in [0.2, 0.25) is 15.9 Å². The van der Waals surface area contributed by atoms with Crippen molar-refractivity contribution in [1.29, 1.82) is 0 Å². The second-order valence-corrected chi connectivity index (χ2v) is 8.44. The smallest absolute Gasteiger partial charge is 0.243 e. The SMILES string of the molecule is O=C(CSc1ncccn1)N1CCN(S(=O)(=O)c2ccc(F)cc2)CC1. The summed E-state index contributed by atoms with van der Waals surface area (Å²) in [6.07, 6.45) is 3.22. The van der Waals surface area contributed by atoms with Gasteiger partial charge in [-0.2, -0.15) is 4.31 Å². The lowest BCUT2D eigenvalue weighted by molar-refractivity contribution is -0.129. The molecule has 138 valence electrons. The minimum atomic E-state index is -3.68. The third-order valence-corrected chi connectivity index (χ3v) is 6.68. The molecule has 1 saturated heterocycles. The molecular weight excluding hydrogens is 379 g/mol. The van der Waals surface area contributed by atoms with Gasteiger partial charge < -0.3 is 4.90 Å². The summed E-state index contributed by atoms with van der Waals surface area (Å²) in [6, 6.07) is 6.44. The second-order valence-electron chi connectivity index (χ2n) is 5.56. The van der Waals surface area contributed by atoms with E-state index in [1.54, 1.807) is 23.4 Å². The number of thioether (sulfide) groups is 1. The van der Waals surface area contributed by atoms with Gasteiger partial charge in [0.05, 0.1) is 10.6 Å². The Morgan fingerprint density at radius 1 is 1.08 bits per heavy atom. The molecule has 1 aromatic carbocycles. The van der Waals surface area contributed by atoms with Gasteiger partial charge in [0.15, 0.2) is 5.16 Å². The molecule has 26 heavy (non-hydrogen) atoms. The lowest BCUT2D eigenvalue weighted by Gasteiger charge is -2.34. The zero-order valence-electron chi connectivity index (χ0n) is 13.8. The van der Waals surface area contributed by atoms with Gasteiger partial charge in [-0.25, -0.2) is 22.8 Å². The van der Waals surface area contributed by atoms with Crippen LogP contribution in [0.1, 0.15) is 0 Å². The number of nitrogens with zero attached hydrogens (tertiary/aromatic N) is 4. The third kappa shape index (κ3) is 4.37. The Bertz CT molecular complexity index is 855. The van der Waals surface area contributed by atoms with Crippen LogP contribution in [-0.4, -0.2) is 65.4 Å². The van der Waals surface area contributed by atoms with Gasteiger partial charge >= 0.3 is 0 Å². The van der Waals surface area contributed by atoms with Crippen LogP contribution >= 0.6 is 11.8 Å². The minimum absolute atomic E-state index is 0.0514. The zero-order valence-corrected chi connectivity index (χ0v) is 15.4. The monoisotopic (exact) mass is 396 g/mol. The first-order valence-corrected chi connectivity index (χ1v) is 10.3. The number of rotatable bonds is 5. The maximum Gasteiger partial charge on any atom is 0.243 e. The molecule has 0 bridgehead atoms. The van der Waals surface area contributed by atoms with E-state index < -0.39 is 15.8 Å². The Hall–Kier alpha value is -2.04. The van der Waals surface area contributed by atoms with E-state index in [2.05, 4.69) is 9.97 Å². The molecule has 2 heterocycles. The number of amides is 1. The van der Waals surface area contributed by atoms with Crippen molar-refractivity contribution < 1.29 is 17.6 Å². The van der Waals surface area contributed by atoms with E-state index in [4.69, 9.17) is 0 Å². The van der Waals surface area contributed by atoms with Gasteiger partial charge in [-0.3, -0.25) is 4.79 Å². The van der Waals surface area contributed by atoms with Gasteiger partial charge in [-0.1, -0.05) is 11.8 Å². The highest BCUT2D eigenvalue weighted by molar-refractivity contribution is 7.99. The minimum Gasteiger partial charge on any atom is -0.339 e. The van der Waals surface area contributed by atoms with E-state index in [1.165, 1.54) is 28.2 Å². The average molecular weight is 396 g/mol. The molecule has 10 heteroatoms. The van der Waals surface area contributed by atoms with Crippen LogP contribution in [0, 0.1) is 5.82 Å². The predicted octanol–water partition coefficient (Wildman–Crippen LogP) is 1.24. The number of benzene rings is 1. The van der Waals surface area contributed by atoms with Crippen LogP contribution in [0.3, 0.4) is 0 Å². The van der Waals surface area contributed by atoms with Crippen LogP contribution < -0.4 is 0 Å². The highest BCUT2D eigenvalue weighted by atomic mass is 32.2. The molecule has 2 aromatic rings. The Kier molecular flexibility index (Phi) is 5.84. The van der Waals surface area contributed by atoms with Crippen molar-refractivity contribution >= 4 is 27.7 Å². The molecule has 0 saturated carbocycles. The van der Waals surface area contributed by atoms with Crippen molar-refractivity contribution in [3.8, 4) is 0 Å². The van der Waals surface area contributed by atoms with E-state index in [1.807, 2.05) is 0 Å². The second kappa shape index (κ2) is 8.11. The number of hydrogen-bond acceptors (Lipinski definition) is 6. The molecule has 1 amide bonds. The van der Waals surface area contributed by atoms with E-state index >= 15 is 0 Å². The molecule has 0 radical (unpaired) electrons. The van der Waals surface area contributed by atoms with Crippen molar-refractivity contribution in [2.45, 2.75) is 10.1 Å². The fourth-order valence-electron chi connectivity index (χ4n) is 2.51. The first kappa shape index (κ1) is 18.7. The molecular formula is C16H17FN4O3S2. The number of halogens is 1. The standard InChI is InChI=1S/C16H17FN4O3S2/c17-13-2-4-14(5-3-13)26(23,24)21-10-8-20(9-11-21)15(22)12-25-16-18-6-1-7-19-16/h1-7H,8-12H2. The number of carbonyl (C=O) groups is 1. The first-order chi connectivity index (χ1) is 12.5. The normalized spacial score (nSPS) is 15.8. The van der Waals surface area contributed by atoms with Gasteiger partial charge in [-0.15, -0.1) is 0 Å². The van der Waals surface area contributed by atoms with Gasteiger partial charge in [-0.05, 0) is 30.3 Å². The van der Waals surface area contributed by atoms with Gasteiger partial charge in [0.25, 0.3) is 0 Å². The summed E-state index contributed by atoms with van der Waals surface area (Å²) in [4.78, 5) is 22.1. The molecule has 1 aliphatic rings. The van der Waals surface area contributed by atoms with E-state index in [9.17, 15) is 17.6 Å². The summed E-state index contributed by atoms with van der Waals surface area (Å²) in [5.41, 5.74) is 0. The predicted molar refractivity (Wildman–Crippen MR) is 94.5 cm³/mol. The van der Waals surface area contributed by atoms with Crippen LogP contribution in [0.4, 0.5) is 4.39 Å². The molecule has 7 nitrogen and oxygen atoms in total. The number of sulfonamides is 1. The summed E-state index contributed by atoms with van der Waals surface area (Å²) in [5, 5.41) is 0.526. The molecule has 0 atom stereocenters. The van der Waals surface area contributed by atoms with Crippen molar-refractivity contribution in [2.75, 3.05) is 31.9 Å². The van der Waals surface area contributed by atoms with Crippen molar-refractivity contribution in [3.05, 3.63) is 48.5 Å². The summed E-state index contributed by atoms with van der Waals surface area (Å²) < 4.78 is 39.4. The molecule has 1 aromatic heterocycles. The fourth-order valence-corrected chi connectivity index (χ4v) is 4.64. The molecule has 0 N–H and O–H groups in total. The summed E-state index contributed by atoms with van der Waals surface area (Å²) in [7, 11) is -3.68. The highest BCUT2D eigenvalue weighted by Crippen LogP contribution is 2.19. The lowest BCUT2D eigenvalue weighted by Crippen LogP contribution is -2.50. The third-order valence-electron chi connectivity index (χ3n) is 3.91. The topological polar surface area (TPSA) is 83.5 Å². The highest BCUT2D eigenvalue weighted by Gasteiger charge is 2.30. The van der Waals surface area contributed by atoms with Crippen LogP contribution in [0.2, 0.25) is 0 Å². The van der Waals surface area contributed by atoms with E-state index in [0.717, 1.165) is 12.1 Å². The number of carbonyl (C=O) groups excluding carboxylic acids is 1. The zero-order chi connectivity index (χ0) is 18.6. The lowest BCUT2D eigenvalue weighted by atomic mass is 10.3. The van der Waals surface area contributed by atoms with Crippen molar-refractivity contribution in [3.63, 3.8) is 0 Å².